The van der Waals surface area contributed by atoms with E-state index in [2.05, 4.69) is 25.2 Å². The largest absolute Gasteiger partial charge is 0.469 e. The molecule has 0 saturated carbocycles. The third-order valence-electron chi connectivity index (χ3n) is 2.67. The van der Waals surface area contributed by atoms with Crippen LogP contribution in [0.2, 0.25) is 0 Å². The van der Waals surface area contributed by atoms with Gasteiger partial charge in [0.2, 0.25) is 0 Å². The molecule has 0 aliphatic rings. The minimum atomic E-state index is 0.462. The van der Waals surface area contributed by atoms with Crippen LogP contribution in [0.5, 0.6) is 0 Å². The maximum Gasteiger partial charge on any atom is 0.108 e. The summed E-state index contributed by atoms with van der Waals surface area (Å²) >= 11 is 0. The first-order chi connectivity index (χ1) is 6.83. The lowest BCUT2D eigenvalue weighted by Crippen LogP contribution is -2.16. The van der Waals surface area contributed by atoms with Crippen LogP contribution in [0, 0.1) is 0 Å². The van der Waals surface area contributed by atoms with Gasteiger partial charge in [-0.25, -0.2) is 0 Å². The van der Waals surface area contributed by atoms with Crippen molar-refractivity contribution in [1.82, 2.24) is 5.32 Å². The number of hydrogen-bond acceptors (Lipinski definition) is 2. The smallest absolute Gasteiger partial charge is 0.108 e. The van der Waals surface area contributed by atoms with Crippen molar-refractivity contribution < 1.29 is 4.42 Å². The first kappa shape index (κ1) is 11.3. The van der Waals surface area contributed by atoms with Crippen LogP contribution in [0.15, 0.2) is 16.7 Å². The van der Waals surface area contributed by atoms with E-state index in [9.17, 15) is 0 Å². The summed E-state index contributed by atoms with van der Waals surface area (Å²) < 4.78 is 5.44. The van der Waals surface area contributed by atoms with E-state index in [1.807, 2.05) is 7.05 Å². The van der Waals surface area contributed by atoms with E-state index in [1.54, 1.807) is 6.26 Å². The van der Waals surface area contributed by atoms with Gasteiger partial charge >= 0.3 is 0 Å². The van der Waals surface area contributed by atoms with Gasteiger partial charge in [-0.2, -0.15) is 0 Å². The molecule has 0 bridgehead atoms. The van der Waals surface area contributed by atoms with Gasteiger partial charge in [0, 0.05) is 18.0 Å². The third-order valence-corrected chi connectivity index (χ3v) is 2.67. The molecule has 1 heterocycles. The van der Waals surface area contributed by atoms with Crippen molar-refractivity contribution in [3.8, 4) is 0 Å². The monoisotopic (exact) mass is 195 g/mol. The molecule has 14 heavy (non-hydrogen) atoms. The SMILES string of the molecule is CCCCC(NC)c1ccoc1CC. The van der Waals surface area contributed by atoms with E-state index in [1.165, 1.54) is 24.8 Å². The highest BCUT2D eigenvalue weighted by Gasteiger charge is 2.14. The van der Waals surface area contributed by atoms with Gasteiger partial charge in [0.1, 0.15) is 5.76 Å². The van der Waals surface area contributed by atoms with Crippen LogP contribution < -0.4 is 5.32 Å². The lowest BCUT2D eigenvalue weighted by atomic mass is 10.0. The van der Waals surface area contributed by atoms with Gasteiger partial charge in [-0.15, -0.1) is 0 Å². The Labute approximate surface area is 86.7 Å². The fourth-order valence-corrected chi connectivity index (χ4v) is 1.81. The summed E-state index contributed by atoms with van der Waals surface area (Å²) in [5, 5.41) is 3.35. The maximum atomic E-state index is 5.44. The van der Waals surface area contributed by atoms with Gasteiger partial charge < -0.3 is 9.73 Å². The van der Waals surface area contributed by atoms with Crippen molar-refractivity contribution in [2.24, 2.45) is 0 Å². The molecule has 0 aliphatic carbocycles. The van der Waals surface area contributed by atoms with Gasteiger partial charge in [-0.1, -0.05) is 26.7 Å². The topological polar surface area (TPSA) is 25.2 Å². The van der Waals surface area contributed by atoms with E-state index in [0.717, 1.165) is 12.2 Å². The lowest BCUT2D eigenvalue weighted by Gasteiger charge is -2.15. The summed E-state index contributed by atoms with van der Waals surface area (Å²) in [4.78, 5) is 0. The predicted octanol–water partition coefficient (Wildman–Crippen LogP) is 3.29. The minimum absolute atomic E-state index is 0.462. The summed E-state index contributed by atoms with van der Waals surface area (Å²) in [5.41, 5.74) is 1.34. The molecule has 0 aliphatic heterocycles. The minimum Gasteiger partial charge on any atom is -0.469 e. The normalized spacial score (nSPS) is 13.1. The molecule has 0 radical (unpaired) electrons. The molecule has 0 amide bonds. The zero-order chi connectivity index (χ0) is 10.4. The summed E-state index contributed by atoms with van der Waals surface area (Å²) in [6, 6.07) is 2.55. The Bertz CT molecular complexity index is 255. The number of nitrogens with one attached hydrogen (secondary N) is 1. The maximum absolute atomic E-state index is 5.44. The van der Waals surface area contributed by atoms with Crippen LogP contribution in [-0.2, 0) is 6.42 Å². The van der Waals surface area contributed by atoms with Gasteiger partial charge in [0.15, 0.2) is 0 Å². The Kier molecular flexibility index (Phi) is 4.74. The Hall–Kier alpha value is -0.760. The van der Waals surface area contributed by atoms with Crippen molar-refractivity contribution in [3.63, 3.8) is 0 Å². The van der Waals surface area contributed by atoms with Crippen LogP contribution in [0.3, 0.4) is 0 Å². The molecule has 0 fully saturated rings. The van der Waals surface area contributed by atoms with Crippen LogP contribution in [0.4, 0.5) is 0 Å². The molecule has 1 unspecified atom stereocenters. The highest BCUT2D eigenvalue weighted by Crippen LogP contribution is 2.23. The molecule has 1 aromatic rings. The van der Waals surface area contributed by atoms with Gasteiger partial charge in [0.05, 0.1) is 6.26 Å². The van der Waals surface area contributed by atoms with E-state index < -0.39 is 0 Å². The molecular weight excluding hydrogens is 174 g/mol. The predicted molar refractivity (Wildman–Crippen MR) is 59.4 cm³/mol. The fraction of sp³-hybridized carbons (Fsp3) is 0.667. The lowest BCUT2D eigenvalue weighted by molar-refractivity contribution is 0.478. The summed E-state index contributed by atoms with van der Waals surface area (Å²) in [5.74, 6) is 1.13. The number of furan rings is 1. The van der Waals surface area contributed by atoms with Crippen LogP contribution >= 0.6 is 0 Å². The summed E-state index contributed by atoms with van der Waals surface area (Å²) in [7, 11) is 2.02. The number of unbranched alkanes of at least 4 members (excludes halogenated alkanes) is 1. The average Bonchev–Trinajstić information content (AvgIpc) is 2.67. The molecule has 1 atom stereocenters. The Morgan fingerprint density at radius 3 is 2.79 bits per heavy atom. The van der Waals surface area contributed by atoms with E-state index in [0.29, 0.717) is 6.04 Å². The molecule has 1 rings (SSSR count). The third kappa shape index (κ3) is 2.61. The van der Waals surface area contributed by atoms with E-state index in [-0.39, 0.29) is 0 Å². The Morgan fingerprint density at radius 2 is 2.21 bits per heavy atom. The molecule has 0 spiro atoms. The summed E-state index contributed by atoms with van der Waals surface area (Å²) in [6.45, 7) is 4.36. The second kappa shape index (κ2) is 5.86. The van der Waals surface area contributed by atoms with Crippen molar-refractivity contribution in [1.29, 1.82) is 0 Å². The first-order valence-corrected chi connectivity index (χ1v) is 5.57. The molecule has 2 nitrogen and oxygen atoms in total. The quantitative estimate of drug-likeness (QED) is 0.753. The summed E-state index contributed by atoms with van der Waals surface area (Å²) in [6.07, 6.45) is 6.48. The van der Waals surface area contributed by atoms with E-state index >= 15 is 0 Å². The van der Waals surface area contributed by atoms with Crippen molar-refractivity contribution >= 4 is 0 Å². The average molecular weight is 195 g/mol. The van der Waals surface area contributed by atoms with Crippen molar-refractivity contribution in [3.05, 3.63) is 23.7 Å². The van der Waals surface area contributed by atoms with Gasteiger partial charge in [-0.05, 0) is 19.5 Å². The molecule has 1 N–H and O–H groups in total. The molecule has 1 aromatic heterocycles. The highest BCUT2D eigenvalue weighted by atomic mass is 16.3. The fourth-order valence-electron chi connectivity index (χ4n) is 1.81. The van der Waals surface area contributed by atoms with Crippen LogP contribution in [0.25, 0.3) is 0 Å². The Balaban J connectivity index is 2.67. The van der Waals surface area contributed by atoms with Crippen LogP contribution in [0.1, 0.15) is 50.5 Å². The standard InChI is InChI=1S/C12H21NO/c1-4-6-7-11(13-3)10-8-9-14-12(10)5-2/h8-9,11,13H,4-7H2,1-3H3. The highest BCUT2D eigenvalue weighted by molar-refractivity contribution is 5.21. The first-order valence-electron chi connectivity index (χ1n) is 5.57. The van der Waals surface area contributed by atoms with Crippen LogP contribution in [-0.4, -0.2) is 7.05 Å². The molecule has 80 valence electrons. The van der Waals surface area contributed by atoms with E-state index in [4.69, 9.17) is 4.42 Å². The molecule has 0 saturated heterocycles. The van der Waals surface area contributed by atoms with Crippen molar-refractivity contribution in [2.75, 3.05) is 7.05 Å². The zero-order valence-electron chi connectivity index (χ0n) is 9.47. The number of rotatable bonds is 6. The molecular formula is C12H21NO. The second-order valence-electron chi connectivity index (χ2n) is 3.64. The molecule has 2 heteroatoms. The number of hydrogen-bond donors (Lipinski definition) is 1. The van der Waals surface area contributed by atoms with Gasteiger partial charge in [0.25, 0.3) is 0 Å². The van der Waals surface area contributed by atoms with Crippen molar-refractivity contribution in [2.45, 2.75) is 45.6 Å². The zero-order valence-corrected chi connectivity index (χ0v) is 9.47. The van der Waals surface area contributed by atoms with Gasteiger partial charge in [-0.3, -0.25) is 0 Å². The second-order valence-corrected chi connectivity index (χ2v) is 3.64. The molecule has 0 aromatic carbocycles. The number of aryl methyl sites for hydroxylation is 1. The Morgan fingerprint density at radius 1 is 1.43 bits per heavy atom.